The van der Waals surface area contributed by atoms with Gasteiger partial charge in [0, 0.05) is 0 Å². The monoisotopic (exact) mass is 494 g/mol. The Hall–Kier alpha value is -4.40. The second-order valence-corrected chi connectivity index (χ2v) is 7.56. The molecule has 188 valence electrons. The zero-order chi connectivity index (χ0) is 25.8. The minimum absolute atomic E-state index is 0.236. The third kappa shape index (κ3) is 8.12. The predicted molar refractivity (Wildman–Crippen MR) is 132 cm³/mol. The van der Waals surface area contributed by atoms with Crippen LogP contribution in [0.1, 0.15) is 35.7 Å². The van der Waals surface area contributed by atoms with E-state index in [1.165, 1.54) is 37.6 Å². The van der Waals surface area contributed by atoms with E-state index >= 15 is 0 Å². The smallest absolute Gasteiger partial charge is 0.343 e. The SMILES string of the molecule is CCCCOc1ccc(C(=O)Oc2ccc(/C=N\NC(=O)COc3ccc(F)cc3)cc2OC)cc1. The number of amides is 1. The fraction of sp³-hybridized carbons (Fsp3) is 0.222. The lowest BCUT2D eigenvalue weighted by molar-refractivity contribution is -0.123. The molecule has 9 heteroatoms. The lowest BCUT2D eigenvalue weighted by Gasteiger charge is -2.10. The van der Waals surface area contributed by atoms with Gasteiger partial charge in [0.25, 0.3) is 5.91 Å². The molecule has 0 radical (unpaired) electrons. The van der Waals surface area contributed by atoms with Crippen LogP contribution in [0.15, 0.2) is 71.8 Å². The first kappa shape index (κ1) is 26.2. The van der Waals surface area contributed by atoms with E-state index in [1.807, 2.05) is 0 Å². The van der Waals surface area contributed by atoms with Gasteiger partial charge >= 0.3 is 5.97 Å². The summed E-state index contributed by atoms with van der Waals surface area (Å²) in [6.45, 7) is 2.43. The molecular formula is C27H27FN2O6. The standard InChI is InChI=1S/C27H27FN2O6/c1-3-4-15-34-22-10-6-20(7-11-22)27(32)36-24-14-5-19(16-25(24)33-2)17-29-30-26(31)18-35-23-12-8-21(28)9-13-23/h5-14,16-17H,3-4,15,18H2,1-2H3,(H,30,31)/b29-17-. The van der Waals surface area contributed by atoms with Crippen molar-refractivity contribution in [2.45, 2.75) is 19.8 Å². The average Bonchev–Trinajstić information content (AvgIpc) is 2.89. The molecule has 0 unspecified atom stereocenters. The molecule has 3 aromatic rings. The Morgan fingerprint density at radius 2 is 1.64 bits per heavy atom. The summed E-state index contributed by atoms with van der Waals surface area (Å²) in [5, 5.41) is 3.88. The van der Waals surface area contributed by atoms with Crippen molar-refractivity contribution >= 4 is 18.1 Å². The zero-order valence-electron chi connectivity index (χ0n) is 20.0. The lowest BCUT2D eigenvalue weighted by atomic mass is 10.2. The number of esters is 1. The van der Waals surface area contributed by atoms with Crippen molar-refractivity contribution in [1.82, 2.24) is 5.43 Å². The summed E-state index contributed by atoms with van der Waals surface area (Å²) < 4.78 is 34.6. The van der Waals surface area contributed by atoms with Crippen molar-refractivity contribution in [3.8, 4) is 23.0 Å². The summed E-state index contributed by atoms with van der Waals surface area (Å²) in [5.74, 6) is 0.182. The van der Waals surface area contributed by atoms with E-state index in [1.54, 1.807) is 42.5 Å². The molecule has 0 aliphatic rings. The van der Waals surface area contributed by atoms with Crippen molar-refractivity contribution in [3.63, 3.8) is 0 Å². The van der Waals surface area contributed by atoms with E-state index in [-0.39, 0.29) is 12.4 Å². The van der Waals surface area contributed by atoms with Crippen LogP contribution >= 0.6 is 0 Å². The number of ether oxygens (including phenoxy) is 4. The fourth-order valence-corrected chi connectivity index (χ4v) is 2.92. The van der Waals surface area contributed by atoms with Gasteiger partial charge in [-0.05, 0) is 78.7 Å². The number of nitrogens with zero attached hydrogens (tertiary/aromatic N) is 1. The Morgan fingerprint density at radius 1 is 0.944 bits per heavy atom. The highest BCUT2D eigenvalue weighted by Gasteiger charge is 2.13. The Labute approximate surface area is 208 Å². The second kappa shape index (κ2) is 13.5. The maximum Gasteiger partial charge on any atom is 0.343 e. The number of carbonyl (C=O) groups excluding carboxylic acids is 2. The molecule has 0 spiro atoms. The van der Waals surface area contributed by atoms with Crippen molar-refractivity contribution in [2.75, 3.05) is 20.3 Å². The van der Waals surface area contributed by atoms with E-state index in [0.717, 1.165) is 12.8 Å². The molecular weight excluding hydrogens is 467 g/mol. The molecule has 0 aliphatic heterocycles. The van der Waals surface area contributed by atoms with Crippen molar-refractivity contribution in [2.24, 2.45) is 5.10 Å². The minimum atomic E-state index is -0.539. The molecule has 3 rings (SSSR count). The van der Waals surface area contributed by atoms with Gasteiger partial charge in [-0.1, -0.05) is 13.3 Å². The molecule has 0 fully saturated rings. The van der Waals surface area contributed by atoms with Crippen molar-refractivity contribution in [3.05, 3.63) is 83.7 Å². The Morgan fingerprint density at radius 3 is 2.33 bits per heavy atom. The number of benzene rings is 3. The molecule has 0 bridgehead atoms. The highest BCUT2D eigenvalue weighted by Crippen LogP contribution is 2.28. The maximum absolute atomic E-state index is 12.9. The number of carbonyl (C=O) groups is 2. The molecule has 8 nitrogen and oxygen atoms in total. The topological polar surface area (TPSA) is 95.5 Å². The molecule has 0 saturated carbocycles. The number of hydrogen-bond donors (Lipinski definition) is 1. The third-order valence-corrected chi connectivity index (χ3v) is 4.83. The first-order chi connectivity index (χ1) is 17.5. The molecule has 0 saturated heterocycles. The van der Waals surface area contributed by atoms with Crippen LogP contribution in [-0.2, 0) is 4.79 Å². The highest BCUT2D eigenvalue weighted by atomic mass is 19.1. The first-order valence-electron chi connectivity index (χ1n) is 11.3. The molecule has 0 heterocycles. The van der Waals surface area contributed by atoms with Gasteiger partial charge in [-0.25, -0.2) is 14.6 Å². The Balaban J connectivity index is 1.52. The average molecular weight is 495 g/mol. The van der Waals surface area contributed by atoms with Crippen LogP contribution in [-0.4, -0.2) is 38.4 Å². The van der Waals surface area contributed by atoms with E-state index < -0.39 is 17.7 Å². The van der Waals surface area contributed by atoms with Gasteiger partial charge in [-0.3, -0.25) is 4.79 Å². The number of hydrogen-bond acceptors (Lipinski definition) is 7. The van der Waals surface area contributed by atoms with Crippen LogP contribution in [0.2, 0.25) is 0 Å². The summed E-state index contributed by atoms with van der Waals surface area (Å²) in [6.07, 6.45) is 3.41. The Bertz CT molecular complexity index is 1180. The summed E-state index contributed by atoms with van der Waals surface area (Å²) >= 11 is 0. The second-order valence-electron chi connectivity index (χ2n) is 7.56. The van der Waals surface area contributed by atoms with Gasteiger partial charge in [-0.2, -0.15) is 5.10 Å². The normalized spacial score (nSPS) is 10.6. The summed E-state index contributed by atoms with van der Waals surface area (Å²) in [4.78, 5) is 24.4. The molecule has 0 aliphatic carbocycles. The molecule has 0 aromatic heterocycles. The van der Waals surface area contributed by atoms with Crippen LogP contribution in [0.3, 0.4) is 0 Å². The van der Waals surface area contributed by atoms with E-state index in [0.29, 0.717) is 35.0 Å². The summed E-state index contributed by atoms with van der Waals surface area (Å²) in [5.41, 5.74) is 3.30. The van der Waals surface area contributed by atoms with Gasteiger partial charge in [0.2, 0.25) is 0 Å². The fourth-order valence-electron chi connectivity index (χ4n) is 2.92. The van der Waals surface area contributed by atoms with Crippen molar-refractivity contribution in [1.29, 1.82) is 0 Å². The molecule has 1 N–H and O–H groups in total. The molecule has 3 aromatic carbocycles. The van der Waals surface area contributed by atoms with Crippen LogP contribution in [0, 0.1) is 5.82 Å². The highest BCUT2D eigenvalue weighted by molar-refractivity contribution is 5.92. The molecule has 0 atom stereocenters. The molecule has 36 heavy (non-hydrogen) atoms. The van der Waals surface area contributed by atoms with Crippen LogP contribution in [0.4, 0.5) is 4.39 Å². The largest absolute Gasteiger partial charge is 0.494 e. The van der Waals surface area contributed by atoms with E-state index in [9.17, 15) is 14.0 Å². The van der Waals surface area contributed by atoms with Crippen LogP contribution in [0.25, 0.3) is 0 Å². The summed E-state index contributed by atoms with van der Waals surface area (Å²) in [6, 6.07) is 16.9. The Kier molecular flexibility index (Phi) is 9.81. The quantitative estimate of drug-likeness (QED) is 0.128. The third-order valence-electron chi connectivity index (χ3n) is 4.83. The zero-order valence-corrected chi connectivity index (χ0v) is 20.0. The number of halogens is 1. The van der Waals surface area contributed by atoms with Crippen LogP contribution < -0.4 is 24.4 Å². The maximum atomic E-state index is 12.9. The lowest BCUT2D eigenvalue weighted by Crippen LogP contribution is -2.24. The van der Waals surface area contributed by atoms with Gasteiger partial charge in [0.15, 0.2) is 18.1 Å². The number of methoxy groups -OCH3 is 1. The van der Waals surface area contributed by atoms with Gasteiger partial charge < -0.3 is 18.9 Å². The van der Waals surface area contributed by atoms with Gasteiger partial charge in [0.05, 0.1) is 25.5 Å². The number of hydrazone groups is 1. The summed E-state index contributed by atoms with van der Waals surface area (Å²) in [7, 11) is 1.45. The first-order valence-corrected chi connectivity index (χ1v) is 11.3. The van der Waals surface area contributed by atoms with Gasteiger partial charge in [0.1, 0.15) is 17.3 Å². The number of nitrogens with one attached hydrogen (secondary N) is 1. The minimum Gasteiger partial charge on any atom is -0.494 e. The predicted octanol–water partition coefficient (Wildman–Crippen LogP) is 4.76. The van der Waals surface area contributed by atoms with E-state index in [2.05, 4.69) is 17.5 Å². The van der Waals surface area contributed by atoms with Gasteiger partial charge in [-0.15, -0.1) is 0 Å². The number of rotatable bonds is 12. The number of unbranched alkanes of at least 4 members (excludes halogenated alkanes) is 1. The van der Waals surface area contributed by atoms with Crippen molar-refractivity contribution < 1.29 is 32.9 Å². The van der Waals surface area contributed by atoms with Crippen LogP contribution in [0.5, 0.6) is 23.0 Å². The molecule has 1 amide bonds. The van der Waals surface area contributed by atoms with E-state index in [4.69, 9.17) is 18.9 Å².